The Morgan fingerprint density at radius 3 is 2.12 bits per heavy atom. The lowest BCUT2D eigenvalue weighted by atomic mass is 10.1. The van der Waals surface area contributed by atoms with E-state index in [-0.39, 0.29) is 5.91 Å². The van der Waals surface area contributed by atoms with Gasteiger partial charge in [-0.2, -0.15) is 0 Å². The van der Waals surface area contributed by atoms with Crippen molar-refractivity contribution in [2.75, 3.05) is 17.2 Å². The number of para-hydroxylation sites is 2. The molecule has 0 aliphatic rings. The first-order valence-electron chi connectivity index (χ1n) is 10.9. The highest BCUT2D eigenvalue weighted by molar-refractivity contribution is 6.06. The third-order valence-electron chi connectivity index (χ3n) is 4.70. The maximum absolute atomic E-state index is 12.7. The molecule has 172 valence electrons. The van der Waals surface area contributed by atoms with Crippen molar-refractivity contribution in [3.63, 3.8) is 0 Å². The lowest BCUT2D eigenvalue weighted by molar-refractivity contribution is 0.0635. The number of nitrogens with one attached hydrogen (secondary N) is 3. The zero-order valence-electron chi connectivity index (χ0n) is 19.2. The van der Waals surface area contributed by atoms with Crippen LogP contribution in [0.5, 0.6) is 0 Å². The fourth-order valence-corrected chi connectivity index (χ4v) is 3.10. The second kappa shape index (κ2) is 11.2. The lowest BCUT2D eigenvalue weighted by Crippen LogP contribution is -2.27. The molecular weight excluding hydrogens is 416 g/mol. The first-order valence-corrected chi connectivity index (χ1v) is 10.9. The van der Waals surface area contributed by atoms with Gasteiger partial charge in [0, 0.05) is 24.5 Å². The van der Waals surface area contributed by atoms with Crippen LogP contribution in [0.25, 0.3) is 0 Å². The Bertz CT molecular complexity index is 1060. The standard InChI is InChI=1S/C26H30N4O3/c1-26(2,3)33-25(32)30-23-7-5-4-6-22(23)29-24(31)21-10-8-20(9-11-21)18-28-17-14-19-12-15-27-16-13-19/h4-13,15-16,28H,14,17-18H2,1-3H3,(H,29,31)(H,30,32). The molecule has 0 saturated carbocycles. The van der Waals surface area contributed by atoms with Crippen LogP contribution in [0.4, 0.5) is 16.2 Å². The van der Waals surface area contributed by atoms with E-state index < -0.39 is 11.7 Å². The van der Waals surface area contributed by atoms with E-state index in [1.165, 1.54) is 5.56 Å². The molecule has 33 heavy (non-hydrogen) atoms. The second-order valence-corrected chi connectivity index (χ2v) is 8.61. The largest absolute Gasteiger partial charge is 0.444 e. The Balaban J connectivity index is 1.53. The van der Waals surface area contributed by atoms with Crippen LogP contribution in [-0.2, 0) is 17.7 Å². The van der Waals surface area contributed by atoms with Gasteiger partial charge in [0.1, 0.15) is 5.60 Å². The highest BCUT2D eigenvalue weighted by Crippen LogP contribution is 2.23. The summed E-state index contributed by atoms with van der Waals surface area (Å²) in [4.78, 5) is 28.9. The molecule has 1 aromatic heterocycles. The minimum absolute atomic E-state index is 0.259. The van der Waals surface area contributed by atoms with Gasteiger partial charge in [0.25, 0.3) is 5.91 Å². The van der Waals surface area contributed by atoms with Crippen molar-refractivity contribution in [1.29, 1.82) is 0 Å². The fourth-order valence-electron chi connectivity index (χ4n) is 3.10. The van der Waals surface area contributed by atoms with Crippen LogP contribution < -0.4 is 16.0 Å². The summed E-state index contributed by atoms with van der Waals surface area (Å²) in [5.41, 5.74) is 3.21. The first-order chi connectivity index (χ1) is 15.8. The van der Waals surface area contributed by atoms with Crippen LogP contribution in [0, 0.1) is 0 Å². The molecule has 0 atom stereocenters. The number of carbonyl (C=O) groups excluding carboxylic acids is 2. The van der Waals surface area contributed by atoms with E-state index in [1.54, 1.807) is 69.6 Å². The molecule has 3 rings (SSSR count). The number of carbonyl (C=O) groups is 2. The second-order valence-electron chi connectivity index (χ2n) is 8.61. The van der Waals surface area contributed by atoms with Gasteiger partial charge in [-0.25, -0.2) is 4.79 Å². The molecule has 3 N–H and O–H groups in total. The van der Waals surface area contributed by atoms with Gasteiger partial charge in [-0.05, 0) is 81.3 Å². The number of benzene rings is 2. The Morgan fingerprint density at radius 1 is 0.848 bits per heavy atom. The number of nitrogens with zero attached hydrogens (tertiary/aromatic N) is 1. The van der Waals surface area contributed by atoms with E-state index in [0.29, 0.717) is 16.9 Å². The van der Waals surface area contributed by atoms with Crippen LogP contribution >= 0.6 is 0 Å². The van der Waals surface area contributed by atoms with Crippen LogP contribution in [0.2, 0.25) is 0 Å². The molecule has 1 heterocycles. The summed E-state index contributed by atoms with van der Waals surface area (Å²) < 4.78 is 5.29. The average Bonchev–Trinajstić information content (AvgIpc) is 2.78. The van der Waals surface area contributed by atoms with Gasteiger partial charge in [-0.3, -0.25) is 15.1 Å². The number of hydrogen-bond donors (Lipinski definition) is 3. The highest BCUT2D eigenvalue weighted by atomic mass is 16.6. The van der Waals surface area contributed by atoms with Gasteiger partial charge >= 0.3 is 6.09 Å². The van der Waals surface area contributed by atoms with Crippen molar-refractivity contribution in [1.82, 2.24) is 10.3 Å². The van der Waals surface area contributed by atoms with E-state index in [1.807, 2.05) is 24.3 Å². The van der Waals surface area contributed by atoms with Gasteiger partial charge in [0.2, 0.25) is 0 Å². The number of pyridine rings is 1. The van der Waals surface area contributed by atoms with E-state index in [4.69, 9.17) is 4.74 Å². The summed E-state index contributed by atoms with van der Waals surface area (Å²) in [7, 11) is 0. The summed E-state index contributed by atoms with van der Waals surface area (Å²) in [6, 6.07) is 18.5. The van der Waals surface area contributed by atoms with Crippen molar-refractivity contribution in [2.45, 2.75) is 39.3 Å². The van der Waals surface area contributed by atoms with E-state index in [0.717, 1.165) is 25.1 Å². The molecule has 3 aromatic rings. The summed E-state index contributed by atoms with van der Waals surface area (Å²) in [6.45, 7) is 6.95. The Labute approximate surface area is 194 Å². The van der Waals surface area contributed by atoms with E-state index in [2.05, 4.69) is 20.9 Å². The van der Waals surface area contributed by atoms with Crippen LogP contribution in [0.1, 0.15) is 42.3 Å². The van der Waals surface area contributed by atoms with Gasteiger partial charge in [0.05, 0.1) is 11.4 Å². The van der Waals surface area contributed by atoms with Crippen LogP contribution in [0.3, 0.4) is 0 Å². The molecule has 0 aliphatic carbocycles. The third kappa shape index (κ3) is 8.05. The predicted octanol–water partition coefficient (Wildman–Crippen LogP) is 5.01. The molecule has 2 aromatic carbocycles. The predicted molar refractivity (Wildman–Crippen MR) is 130 cm³/mol. The molecule has 0 bridgehead atoms. The van der Waals surface area contributed by atoms with Crippen molar-refractivity contribution in [3.8, 4) is 0 Å². The molecule has 0 saturated heterocycles. The molecular formula is C26H30N4O3. The number of amides is 2. The van der Waals surface area contributed by atoms with Crippen LogP contribution in [0.15, 0.2) is 73.1 Å². The monoisotopic (exact) mass is 446 g/mol. The average molecular weight is 447 g/mol. The molecule has 0 spiro atoms. The molecule has 0 unspecified atom stereocenters. The molecule has 0 fully saturated rings. The van der Waals surface area contributed by atoms with Crippen LogP contribution in [-0.4, -0.2) is 29.1 Å². The normalized spacial score (nSPS) is 11.0. The molecule has 7 heteroatoms. The smallest absolute Gasteiger partial charge is 0.412 e. The molecule has 7 nitrogen and oxygen atoms in total. The van der Waals surface area contributed by atoms with E-state index >= 15 is 0 Å². The Hall–Kier alpha value is -3.71. The summed E-state index contributed by atoms with van der Waals surface area (Å²) >= 11 is 0. The zero-order chi connectivity index (χ0) is 23.7. The van der Waals surface area contributed by atoms with Gasteiger partial charge in [-0.1, -0.05) is 24.3 Å². The topological polar surface area (TPSA) is 92.4 Å². The Kier molecular flexibility index (Phi) is 8.16. The maximum Gasteiger partial charge on any atom is 0.412 e. The summed E-state index contributed by atoms with van der Waals surface area (Å²) in [6.07, 6.45) is 3.95. The minimum Gasteiger partial charge on any atom is -0.444 e. The van der Waals surface area contributed by atoms with Crippen molar-refractivity contribution in [2.24, 2.45) is 0 Å². The molecule has 0 aliphatic heterocycles. The third-order valence-corrected chi connectivity index (χ3v) is 4.70. The van der Waals surface area contributed by atoms with Gasteiger partial charge < -0.3 is 15.4 Å². The van der Waals surface area contributed by atoms with Gasteiger partial charge in [0.15, 0.2) is 0 Å². The highest BCUT2D eigenvalue weighted by Gasteiger charge is 2.17. The summed E-state index contributed by atoms with van der Waals surface area (Å²) in [5.74, 6) is -0.259. The molecule has 2 amide bonds. The first kappa shape index (κ1) is 23.9. The SMILES string of the molecule is CC(C)(C)OC(=O)Nc1ccccc1NC(=O)c1ccc(CNCCc2ccncc2)cc1. The number of aromatic nitrogens is 1. The number of hydrogen-bond acceptors (Lipinski definition) is 5. The van der Waals surface area contributed by atoms with Crippen molar-refractivity contribution >= 4 is 23.4 Å². The quantitative estimate of drug-likeness (QED) is 0.423. The van der Waals surface area contributed by atoms with E-state index in [9.17, 15) is 9.59 Å². The molecule has 0 radical (unpaired) electrons. The number of anilines is 2. The van der Waals surface area contributed by atoms with Crippen molar-refractivity contribution < 1.29 is 14.3 Å². The lowest BCUT2D eigenvalue weighted by Gasteiger charge is -2.20. The number of ether oxygens (including phenoxy) is 1. The Morgan fingerprint density at radius 2 is 1.48 bits per heavy atom. The zero-order valence-corrected chi connectivity index (χ0v) is 19.2. The summed E-state index contributed by atoms with van der Waals surface area (Å²) in [5, 5.41) is 8.95. The fraction of sp³-hybridized carbons (Fsp3) is 0.269. The maximum atomic E-state index is 12.7. The van der Waals surface area contributed by atoms with Crippen molar-refractivity contribution in [3.05, 3.63) is 89.7 Å². The number of rotatable bonds is 8. The van der Waals surface area contributed by atoms with Gasteiger partial charge in [-0.15, -0.1) is 0 Å². The minimum atomic E-state index is -0.613.